The van der Waals surface area contributed by atoms with E-state index in [1.165, 1.54) is 0 Å². The highest BCUT2D eigenvalue weighted by Gasteiger charge is 2.16. The molecule has 96 valence electrons. The molecule has 0 N–H and O–H groups in total. The molecule has 0 fully saturated rings. The topological polar surface area (TPSA) is 34.1 Å². The zero-order valence-corrected chi connectivity index (χ0v) is 11.8. The van der Waals surface area contributed by atoms with Gasteiger partial charge in [0.25, 0.3) is 0 Å². The standard InChI is InChI=1S/C13H19ClO2S/c1-11(2)17(15,16)10-6-9-13(14)12-7-4-3-5-8-12/h3-5,7-8,11,13H,6,9-10H2,1-2H3. The quantitative estimate of drug-likeness (QED) is 0.743. The molecule has 0 saturated heterocycles. The van der Waals surface area contributed by atoms with Gasteiger partial charge in [-0.1, -0.05) is 30.3 Å². The fourth-order valence-electron chi connectivity index (χ4n) is 1.53. The second kappa shape index (κ2) is 6.41. The maximum atomic E-state index is 11.6. The summed E-state index contributed by atoms with van der Waals surface area (Å²) in [6.07, 6.45) is 1.31. The highest BCUT2D eigenvalue weighted by Crippen LogP contribution is 2.25. The van der Waals surface area contributed by atoms with Gasteiger partial charge >= 0.3 is 0 Å². The van der Waals surface area contributed by atoms with Gasteiger partial charge in [0.1, 0.15) is 0 Å². The summed E-state index contributed by atoms with van der Waals surface area (Å²) in [5, 5.41) is -0.397. The largest absolute Gasteiger partial charge is 0.229 e. The predicted molar refractivity (Wildman–Crippen MR) is 73.2 cm³/mol. The van der Waals surface area contributed by atoms with Gasteiger partial charge < -0.3 is 0 Å². The van der Waals surface area contributed by atoms with Gasteiger partial charge in [-0.25, -0.2) is 8.42 Å². The van der Waals surface area contributed by atoms with Crippen LogP contribution in [-0.2, 0) is 9.84 Å². The molecule has 4 heteroatoms. The molecule has 0 aromatic heterocycles. The third-order valence-electron chi connectivity index (χ3n) is 2.77. The van der Waals surface area contributed by atoms with E-state index in [0.29, 0.717) is 12.8 Å². The second-order valence-corrected chi connectivity index (χ2v) is 7.64. The van der Waals surface area contributed by atoms with Crippen LogP contribution in [0.2, 0.25) is 0 Å². The van der Waals surface area contributed by atoms with E-state index in [-0.39, 0.29) is 16.4 Å². The van der Waals surface area contributed by atoms with Crippen LogP contribution in [0.25, 0.3) is 0 Å². The van der Waals surface area contributed by atoms with Crippen molar-refractivity contribution in [1.82, 2.24) is 0 Å². The minimum atomic E-state index is -2.93. The van der Waals surface area contributed by atoms with E-state index in [1.807, 2.05) is 30.3 Å². The number of halogens is 1. The predicted octanol–water partition coefficient (Wildman–Crippen LogP) is 3.57. The normalized spacial score (nSPS) is 13.9. The van der Waals surface area contributed by atoms with Crippen LogP contribution in [0.3, 0.4) is 0 Å². The molecule has 1 rings (SSSR count). The lowest BCUT2D eigenvalue weighted by Crippen LogP contribution is -2.17. The Morgan fingerprint density at radius 2 is 1.76 bits per heavy atom. The van der Waals surface area contributed by atoms with Crippen LogP contribution in [0, 0.1) is 0 Å². The first kappa shape index (κ1) is 14.5. The number of benzene rings is 1. The molecule has 0 amide bonds. The third-order valence-corrected chi connectivity index (χ3v) is 5.53. The average Bonchev–Trinajstić information content (AvgIpc) is 2.29. The average molecular weight is 275 g/mol. The fourth-order valence-corrected chi connectivity index (χ4v) is 2.87. The summed E-state index contributed by atoms with van der Waals surface area (Å²) in [6.45, 7) is 3.43. The molecular formula is C13H19ClO2S. The second-order valence-electron chi connectivity index (χ2n) is 4.44. The molecule has 17 heavy (non-hydrogen) atoms. The Labute approximate surface area is 109 Å². The van der Waals surface area contributed by atoms with Crippen LogP contribution in [-0.4, -0.2) is 19.4 Å². The summed E-state index contributed by atoms with van der Waals surface area (Å²) >= 11 is 6.22. The summed E-state index contributed by atoms with van der Waals surface area (Å²) in [5.74, 6) is 0.223. The fraction of sp³-hybridized carbons (Fsp3) is 0.538. The molecule has 0 aliphatic heterocycles. The Balaban J connectivity index is 2.43. The van der Waals surface area contributed by atoms with Crippen molar-refractivity contribution in [3.05, 3.63) is 35.9 Å². The van der Waals surface area contributed by atoms with E-state index in [1.54, 1.807) is 13.8 Å². The first-order chi connectivity index (χ1) is 7.93. The van der Waals surface area contributed by atoms with Gasteiger partial charge in [0.2, 0.25) is 0 Å². The zero-order valence-electron chi connectivity index (χ0n) is 10.3. The number of sulfone groups is 1. The summed E-state index contributed by atoms with van der Waals surface area (Å²) in [5.41, 5.74) is 1.05. The molecule has 0 spiro atoms. The summed E-state index contributed by atoms with van der Waals surface area (Å²) < 4.78 is 23.2. The van der Waals surface area contributed by atoms with E-state index >= 15 is 0 Å². The maximum Gasteiger partial charge on any atom is 0.152 e. The highest BCUT2D eigenvalue weighted by molar-refractivity contribution is 7.91. The van der Waals surface area contributed by atoms with Crippen LogP contribution >= 0.6 is 11.6 Å². The van der Waals surface area contributed by atoms with Crippen molar-refractivity contribution >= 4 is 21.4 Å². The van der Waals surface area contributed by atoms with Crippen LogP contribution in [0.4, 0.5) is 0 Å². The molecule has 0 aliphatic rings. The molecule has 0 bridgehead atoms. The highest BCUT2D eigenvalue weighted by atomic mass is 35.5. The van der Waals surface area contributed by atoms with Crippen molar-refractivity contribution in [3.8, 4) is 0 Å². The molecule has 1 unspecified atom stereocenters. The van der Waals surface area contributed by atoms with E-state index in [0.717, 1.165) is 5.56 Å². The van der Waals surface area contributed by atoms with Crippen LogP contribution < -0.4 is 0 Å². The number of rotatable bonds is 6. The van der Waals surface area contributed by atoms with Gasteiger partial charge in [-0.2, -0.15) is 0 Å². The molecule has 2 nitrogen and oxygen atoms in total. The smallest absolute Gasteiger partial charge is 0.152 e. The van der Waals surface area contributed by atoms with Crippen LogP contribution in [0.5, 0.6) is 0 Å². The Morgan fingerprint density at radius 1 is 1.18 bits per heavy atom. The lowest BCUT2D eigenvalue weighted by molar-refractivity contribution is 0.582. The lowest BCUT2D eigenvalue weighted by Gasteiger charge is -2.11. The third kappa shape index (κ3) is 4.68. The molecular weight excluding hydrogens is 256 g/mol. The first-order valence-electron chi connectivity index (χ1n) is 5.84. The zero-order chi connectivity index (χ0) is 12.9. The van der Waals surface area contributed by atoms with Gasteiger partial charge in [0.05, 0.1) is 16.4 Å². The Hall–Kier alpha value is -0.540. The van der Waals surface area contributed by atoms with Crippen molar-refractivity contribution in [2.45, 2.75) is 37.3 Å². The van der Waals surface area contributed by atoms with Crippen molar-refractivity contribution in [3.63, 3.8) is 0 Å². The van der Waals surface area contributed by atoms with Crippen molar-refractivity contribution in [2.24, 2.45) is 0 Å². The molecule has 1 atom stereocenters. The number of alkyl halides is 1. The monoisotopic (exact) mass is 274 g/mol. The summed E-state index contributed by atoms with van der Waals surface area (Å²) in [4.78, 5) is 0. The van der Waals surface area contributed by atoms with E-state index in [2.05, 4.69) is 0 Å². The van der Waals surface area contributed by atoms with Crippen molar-refractivity contribution in [2.75, 3.05) is 5.75 Å². The molecule has 0 radical (unpaired) electrons. The van der Waals surface area contributed by atoms with Crippen LogP contribution in [0.1, 0.15) is 37.6 Å². The van der Waals surface area contributed by atoms with E-state index in [4.69, 9.17) is 11.6 Å². The molecule has 0 aliphatic carbocycles. The minimum absolute atomic E-state index is 0.0986. The minimum Gasteiger partial charge on any atom is -0.229 e. The Morgan fingerprint density at radius 3 is 2.29 bits per heavy atom. The number of hydrogen-bond acceptors (Lipinski definition) is 2. The molecule has 0 heterocycles. The maximum absolute atomic E-state index is 11.6. The van der Waals surface area contributed by atoms with Crippen LogP contribution in [0.15, 0.2) is 30.3 Å². The number of hydrogen-bond donors (Lipinski definition) is 0. The van der Waals surface area contributed by atoms with E-state index < -0.39 is 9.84 Å². The van der Waals surface area contributed by atoms with Gasteiger partial charge in [0.15, 0.2) is 9.84 Å². The lowest BCUT2D eigenvalue weighted by atomic mass is 10.1. The van der Waals surface area contributed by atoms with Gasteiger partial charge in [-0.15, -0.1) is 11.6 Å². The Bertz CT molecular complexity index is 426. The van der Waals surface area contributed by atoms with Crippen molar-refractivity contribution in [1.29, 1.82) is 0 Å². The molecule has 1 aromatic carbocycles. The van der Waals surface area contributed by atoms with E-state index in [9.17, 15) is 8.42 Å². The SMILES string of the molecule is CC(C)S(=O)(=O)CCCC(Cl)c1ccccc1. The first-order valence-corrected chi connectivity index (χ1v) is 7.99. The summed E-state index contributed by atoms with van der Waals surface area (Å²) in [7, 11) is -2.93. The van der Waals surface area contributed by atoms with Gasteiger partial charge in [0, 0.05) is 0 Å². The van der Waals surface area contributed by atoms with Gasteiger partial charge in [-0.3, -0.25) is 0 Å². The van der Waals surface area contributed by atoms with Crippen molar-refractivity contribution < 1.29 is 8.42 Å². The molecule has 0 saturated carbocycles. The Kier molecular flexibility index (Phi) is 5.47. The van der Waals surface area contributed by atoms with Gasteiger partial charge in [-0.05, 0) is 32.3 Å². The molecule has 1 aromatic rings. The summed E-state index contributed by atoms with van der Waals surface area (Å²) in [6, 6.07) is 9.75.